The lowest BCUT2D eigenvalue weighted by Gasteiger charge is -2.06. The second kappa shape index (κ2) is 5.47. The van der Waals surface area contributed by atoms with Crippen molar-refractivity contribution in [2.45, 2.75) is 20.0 Å². The molecule has 96 valence electrons. The average molecular weight is 269 g/mol. The molecular weight excluding hydrogens is 254 g/mol. The molecule has 0 aliphatic carbocycles. The van der Waals surface area contributed by atoms with Crippen LogP contribution >= 0.6 is 11.3 Å². The summed E-state index contributed by atoms with van der Waals surface area (Å²) in [7, 11) is 0. The van der Waals surface area contributed by atoms with E-state index in [0.717, 1.165) is 18.1 Å². The Kier molecular flexibility index (Phi) is 3.53. The van der Waals surface area contributed by atoms with E-state index in [4.69, 9.17) is 0 Å². The number of hydrogen-bond donors (Lipinski definition) is 1. The van der Waals surface area contributed by atoms with Crippen LogP contribution in [-0.4, -0.2) is 9.97 Å². The number of hydrogen-bond acceptors (Lipinski definition) is 4. The Morgan fingerprint density at radius 3 is 2.84 bits per heavy atom. The second-order valence-electron chi connectivity index (χ2n) is 4.49. The maximum atomic E-state index is 4.35. The van der Waals surface area contributed by atoms with Gasteiger partial charge in [-0.05, 0) is 17.9 Å². The highest BCUT2D eigenvalue weighted by atomic mass is 32.1. The Balaban J connectivity index is 1.71. The quantitative estimate of drug-likeness (QED) is 0.789. The van der Waals surface area contributed by atoms with E-state index in [1.807, 2.05) is 24.7 Å². The average Bonchev–Trinajstić information content (AvgIpc) is 2.85. The van der Waals surface area contributed by atoms with Crippen LogP contribution in [0.3, 0.4) is 0 Å². The van der Waals surface area contributed by atoms with E-state index in [1.54, 1.807) is 11.3 Å². The van der Waals surface area contributed by atoms with E-state index >= 15 is 0 Å². The molecule has 0 radical (unpaired) electrons. The topological polar surface area (TPSA) is 37.8 Å². The molecule has 4 heteroatoms. The number of aryl methyl sites for hydroxylation is 1. The fourth-order valence-electron chi connectivity index (χ4n) is 2.11. The predicted octanol–water partition coefficient (Wildman–Crippen LogP) is 3.29. The predicted molar refractivity (Wildman–Crippen MR) is 79.1 cm³/mol. The Morgan fingerprint density at radius 2 is 2.00 bits per heavy atom. The zero-order chi connectivity index (χ0) is 13.1. The molecule has 0 saturated heterocycles. The van der Waals surface area contributed by atoms with Crippen LogP contribution in [0.2, 0.25) is 0 Å². The van der Waals surface area contributed by atoms with Crippen molar-refractivity contribution in [3.63, 3.8) is 0 Å². The van der Waals surface area contributed by atoms with Crippen LogP contribution in [0, 0.1) is 6.92 Å². The highest BCUT2D eigenvalue weighted by Crippen LogP contribution is 2.17. The lowest BCUT2D eigenvalue weighted by atomic mass is 10.1. The van der Waals surface area contributed by atoms with Crippen molar-refractivity contribution < 1.29 is 0 Å². The summed E-state index contributed by atoms with van der Waals surface area (Å²) in [5.74, 6) is 0. The van der Waals surface area contributed by atoms with Gasteiger partial charge in [-0.3, -0.25) is 4.98 Å². The Hall–Kier alpha value is -1.78. The molecule has 1 N–H and O–H groups in total. The van der Waals surface area contributed by atoms with Gasteiger partial charge in [0, 0.05) is 41.9 Å². The van der Waals surface area contributed by atoms with Gasteiger partial charge in [-0.15, -0.1) is 11.3 Å². The minimum atomic E-state index is 0.807. The molecule has 0 fully saturated rings. The van der Waals surface area contributed by atoms with Gasteiger partial charge in [-0.2, -0.15) is 0 Å². The molecule has 0 aliphatic heterocycles. The third kappa shape index (κ3) is 2.80. The van der Waals surface area contributed by atoms with Crippen LogP contribution in [0.4, 0.5) is 0 Å². The van der Waals surface area contributed by atoms with Crippen LogP contribution < -0.4 is 5.32 Å². The number of nitrogens with one attached hydrogen (secondary N) is 1. The lowest BCUT2D eigenvalue weighted by molar-refractivity contribution is 0.691. The number of nitrogens with zero attached hydrogens (tertiary/aromatic N) is 2. The molecule has 0 unspecified atom stereocenters. The summed E-state index contributed by atoms with van der Waals surface area (Å²) >= 11 is 1.74. The molecule has 0 spiro atoms. The molecule has 1 aromatic carbocycles. The third-order valence-electron chi connectivity index (χ3n) is 3.01. The van der Waals surface area contributed by atoms with Crippen molar-refractivity contribution in [3.05, 3.63) is 58.3 Å². The lowest BCUT2D eigenvalue weighted by Crippen LogP contribution is -2.12. The van der Waals surface area contributed by atoms with E-state index in [-0.39, 0.29) is 0 Å². The van der Waals surface area contributed by atoms with Gasteiger partial charge in [0.05, 0.1) is 0 Å². The summed E-state index contributed by atoms with van der Waals surface area (Å²) in [6.07, 6.45) is 5.76. The summed E-state index contributed by atoms with van der Waals surface area (Å²) < 4.78 is 0. The first-order chi connectivity index (χ1) is 9.33. The van der Waals surface area contributed by atoms with Gasteiger partial charge < -0.3 is 5.32 Å². The summed E-state index contributed by atoms with van der Waals surface area (Å²) in [6, 6.07) is 8.34. The number of aromatic nitrogens is 2. The number of pyridine rings is 1. The molecule has 0 aliphatic rings. The molecule has 0 bridgehead atoms. The molecule has 3 rings (SSSR count). The van der Waals surface area contributed by atoms with E-state index < -0.39 is 0 Å². The van der Waals surface area contributed by atoms with E-state index in [1.165, 1.54) is 21.2 Å². The van der Waals surface area contributed by atoms with Gasteiger partial charge in [-0.25, -0.2) is 4.98 Å². The number of fused-ring (bicyclic) bond motifs is 1. The normalized spacial score (nSPS) is 11.0. The van der Waals surface area contributed by atoms with Crippen molar-refractivity contribution in [3.8, 4) is 0 Å². The Labute approximate surface area is 116 Å². The van der Waals surface area contributed by atoms with Gasteiger partial charge in [0.2, 0.25) is 0 Å². The molecular formula is C15H15N3S. The van der Waals surface area contributed by atoms with Gasteiger partial charge in [-0.1, -0.05) is 24.3 Å². The maximum absolute atomic E-state index is 4.35. The molecule has 3 aromatic rings. The SMILES string of the molecule is Cc1cnc(CNCc2cncc3ccccc23)s1. The van der Waals surface area contributed by atoms with Gasteiger partial charge in [0.25, 0.3) is 0 Å². The number of rotatable bonds is 4. The monoisotopic (exact) mass is 269 g/mol. The van der Waals surface area contributed by atoms with Crippen LogP contribution in [-0.2, 0) is 13.1 Å². The van der Waals surface area contributed by atoms with Gasteiger partial charge in [0.1, 0.15) is 5.01 Å². The fraction of sp³-hybridized carbons (Fsp3) is 0.200. The molecule has 2 aromatic heterocycles. The molecule has 0 atom stereocenters. The summed E-state index contributed by atoms with van der Waals surface area (Å²) in [5, 5.41) is 7.01. The fourth-order valence-corrected chi connectivity index (χ4v) is 2.86. The van der Waals surface area contributed by atoms with Crippen molar-refractivity contribution in [2.75, 3.05) is 0 Å². The first kappa shape index (κ1) is 12.3. The highest BCUT2D eigenvalue weighted by molar-refractivity contribution is 7.11. The van der Waals surface area contributed by atoms with Crippen LogP contribution in [0.5, 0.6) is 0 Å². The zero-order valence-corrected chi connectivity index (χ0v) is 11.6. The van der Waals surface area contributed by atoms with Gasteiger partial charge >= 0.3 is 0 Å². The van der Waals surface area contributed by atoms with Crippen molar-refractivity contribution >= 4 is 22.1 Å². The largest absolute Gasteiger partial charge is 0.306 e. The number of benzene rings is 1. The molecule has 19 heavy (non-hydrogen) atoms. The van der Waals surface area contributed by atoms with Gasteiger partial charge in [0.15, 0.2) is 0 Å². The second-order valence-corrected chi connectivity index (χ2v) is 5.81. The van der Waals surface area contributed by atoms with E-state index in [0.29, 0.717) is 0 Å². The first-order valence-corrected chi connectivity index (χ1v) is 7.08. The zero-order valence-electron chi connectivity index (χ0n) is 10.8. The first-order valence-electron chi connectivity index (χ1n) is 6.26. The minimum Gasteiger partial charge on any atom is -0.306 e. The molecule has 0 saturated carbocycles. The van der Waals surface area contributed by atoms with Crippen LogP contribution in [0.15, 0.2) is 42.9 Å². The van der Waals surface area contributed by atoms with Crippen molar-refractivity contribution in [1.29, 1.82) is 0 Å². The molecule has 0 amide bonds. The van der Waals surface area contributed by atoms with Crippen molar-refractivity contribution in [1.82, 2.24) is 15.3 Å². The van der Waals surface area contributed by atoms with Crippen LogP contribution in [0.1, 0.15) is 15.4 Å². The Bertz CT molecular complexity index is 685. The van der Waals surface area contributed by atoms with E-state index in [2.05, 4.69) is 40.4 Å². The smallest absolute Gasteiger partial charge is 0.107 e. The van der Waals surface area contributed by atoms with Crippen LogP contribution in [0.25, 0.3) is 10.8 Å². The summed E-state index contributed by atoms with van der Waals surface area (Å²) in [6.45, 7) is 3.70. The molecule has 2 heterocycles. The molecule has 3 nitrogen and oxygen atoms in total. The Morgan fingerprint density at radius 1 is 1.11 bits per heavy atom. The number of thiazole rings is 1. The summed E-state index contributed by atoms with van der Waals surface area (Å²) in [4.78, 5) is 9.89. The highest BCUT2D eigenvalue weighted by Gasteiger charge is 2.02. The standard InChI is InChI=1S/C15H15N3S/c1-11-6-18-15(19-11)10-17-9-13-8-16-7-12-4-2-3-5-14(12)13/h2-8,17H,9-10H2,1H3. The minimum absolute atomic E-state index is 0.807. The van der Waals surface area contributed by atoms with Crippen molar-refractivity contribution in [2.24, 2.45) is 0 Å². The van der Waals surface area contributed by atoms with E-state index in [9.17, 15) is 0 Å². The maximum Gasteiger partial charge on any atom is 0.107 e. The summed E-state index contributed by atoms with van der Waals surface area (Å²) in [5.41, 5.74) is 1.23. The third-order valence-corrected chi connectivity index (χ3v) is 3.92.